The van der Waals surface area contributed by atoms with Crippen LogP contribution in [-0.4, -0.2) is 79.0 Å². The molecular formula is C18H28O9S. The molecule has 2 rings (SSSR count). The maximum absolute atomic E-state index is 11.9. The molecule has 1 aliphatic heterocycles. The van der Waals surface area contributed by atoms with Gasteiger partial charge in [0.15, 0.2) is 0 Å². The normalized spacial score (nSPS) is 20.2. The van der Waals surface area contributed by atoms with Crippen LogP contribution in [-0.2, 0) is 51.8 Å². The van der Waals surface area contributed by atoms with Gasteiger partial charge in [-0.3, -0.25) is 4.55 Å². The van der Waals surface area contributed by atoms with Crippen molar-refractivity contribution >= 4 is 10.1 Å². The van der Waals surface area contributed by atoms with Crippen LogP contribution in [0.15, 0.2) is 23.1 Å². The lowest BCUT2D eigenvalue weighted by atomic mass is 10.1. The number of fused-ring (bicyclic) bond motifs is 2. The molecule has 2 bridgehead atoms. The van der Waals surface area contributed by atoms with Crippen LogP contribution >= 0.6 is 0 Å². The van der Waals surface area contributed by atoms with Gasteiger partial charge in [0, 0.05) is 0 Å². The van der Waals surface area contributed by atoms with Crippen LogP contribution in [0.5, 0.6) is 0 Å². The molecule has 0 amide bonds. The van der Waals surface area contributed by atoms with Crippen molar-refractivity contribution in [1.29, 1.82) is 0 Å². The van der Waals surface area contributed by atoms with E-state index in [1.807, 2.05) is 0 Å². The molecule has 0 radical (unpaired) electrons. The first-order valence-electron chi connectivity index (χ1n) is 9.14. The molecule has 1 N–H and O–H groups in total. The zero-order chi connectivity index (χ0) is 20.1. The Kier molecular flexibility index (Phi) is 10.9. The fraction of sp³-hybridized carbons (Fsp3) is 0.667. The van der Waals surface area contributed by atoms with Gasteiger partial charge in [0.1, 0.15) is 4.90 Å². The third kappa shape index (κ3) is 8.93. The van der Waals surface area contributed by atoms with E-state index >= 15 is 0 Å². The molecule has 160 valence electrons. The second-order valence-corrected chi connectivity index (χ2v) is 7.29. The van der Waals surface area contributed by atoms with Crippen LogP contribution < -0.4 is 0 Å². The molecule has 10 heteroatoms. The molecule has 0 atom stereocenters. The van der Waals surface area contributed by atoms with Gasteiger partial charge in [0.25, 0.3) is 10.1 Å². The Labute approximate surface area is 165 Å². The molecule has 1 heterocycles. The molecule has 0 aromatic heterocycles. The molecule has 28 heavy (non-hydrogen) atoms. The monoisotopic (exact) mass is 420 g/mol. The summed E-state index contributed by atoms with van der Waals surface area (Å²) in [4.78, 5) is -0.176. The molecule has 0 saturated heterocycles. The average Bonchev–Trinajstić information content (AvgIpc) is 2.65. The fourth-order valence-corrected chi connectivity index (χ4v) is 3.48. The maximum atomic E-state index is 11.9. The minimum atomic E-state index is -4.42. The molecule has 0 aliphatic carbocycles. The molecule has 0 spiro atoms. The minimum Gasteiger partial charge on any atom is -0.377 e. The first-order chi connectivity index (χ1) is 13.6. The van der Waals surface area contributed by atoms with E-state index < -0.39 is 10.1 Å². The average molecular weight is 420 g/mol. The van der Waals surface area contributed by atoms with Gasteiger partial charge in [-0.2, -0.15) is 8.42 Å². The van der Waals surface area contributed by atoms with E-state index in [0.717, 1.165) is 0 Å². The Bertz CT molecular complexity index is 625. The largest absolute Gasteiger partial charge is 0.377 e. The molecule has 0 saturated carbocycles. The highest BCUT2D eigenvalue weighted by Crippen LogP contribution is 2.22. The van der Waals surface area contributed by atoms with E-state index in [9.17, 15) is 13.0 Å². The highest BCUT2D eigenvalue weighted by Gasteiger charge is 2.20. The van der Waals surface area contributed by atoms with Gasteiger partial charge in [-0.05, 0) is 11.1 Å². The highest BCUT2D eigenvalue weighted by atomic mass is 32.2. The van der Waals surface area contributed by atoms with Crippen LogP contribution in [0.2, 0.25) is 0 Å². The predicted molar refractivity (Wildman–Crippen MR) is 98.8 cm³/mol. The van der Waals surface area contributed by atoms with E-state index in [4.69, 9.17) is 28.4 Å². The highest BCUT2D eigenvalue weighted by molar-refractivity contribution is 7.86. The van der Waals surface area contributed by atoms with E-state index in [1.54, 1.807) is 18.2 Å². The van der Waals surface area contributed by atoms with Crippen LogP contribution in [0.4, 0.5) is 0 Å². The summed E-state index contributed by atoms with van der Waals surface area (Å²) in [7, 11) is -4.42. The lowest BCUT2D eigenvalue weighted by Gasteiger charge is -2.13. The van der Waals surface area contributed by atoms with Crippen LogP contribution in [0.1, 0.15) is 11.1 Å². The standard InChI is InChI=1S/C18H28O9S/c19-28(20,21)18-16-2-1-3-17(18)15-27-13-11-25-9-7-23-5-4-22-6-8-24-10-12-26-14-16/h1-3H,4-15H2,(H,19,20,21). The quantitative estimate of drug-likeness (QED) is 0.667. The molecule has 1 aliphatic rings. The van der Waals surface area contributed by atoms with Crippen molar-refractivity contribution in [1.82, 2.24) is 0 Å². The second kappa shape index (κ2) is 13.2. The number of hydrogen-bond donors (Lipinski definition) is 1. The summed E-state index contributed by atoms with van der Waals surface area (Å²) in [6.45, 7) is 4.05. The van der Waals surface area contributed by atoms with Crippen molar-refractivity contribution in [2.24, 2.45) is 0 Å². The van der Waals surface area contributed by atoms with Gasteiger partial charge < -0.3 is 28.4 Å². The topological polar surface area (TPSA) is 110 Å². The summed E-state index contributed by atoms with van der Waals surface area (Å²) >= 11 is 0. The zero-order valence-electron chi connectivity index (χ0n) is 15.8. The maximum Gasteiger partial charge on any atom is 0.295 e. The smallest absolute Gasteiger partial charge is 0.295 e. The van der Waals surface area contributed by atoms with Crippen molar-refractivity contribution in [2.75, 3.05) is 66.1 Å². The Morgan fingerprint density at radius 1 is 0.607 bits per heavy atom. The Morgan fingerprint density at radius 2 is 0.929 bits per heavy atom. The van der Waals surface area contributed by atoms with E-state index in [-0.39, 0.29) is 31.3 Å². The van der Waals surface area contributed by atoms with Crippen LogP contribution in [0, 0.1) is 0 Å². The molecule has 0 unspecified atom stereocenters. The molecular weight excluding hydrogens is 392 g/mol. The first-order valence-corrected chi connectivity index (χ1v) is 10.6. The lowest BCUT2D eigenvalue weighted by Crippen LogP contribution is -2.13. The number of hydrogen-bond acceptors (Lipinski definition) is 8. The summed E-state index contributed by atoms with van der Waals surface area (Å²) in [6, 6.07) is 4.89. The van der Waals surface area contributed by atoms with E-state index in [1.165, 1.54) is 0 Å². The SMILES string of the molecule is O=S(=O)(O)c1c2cccc1COCCOCCOCCOCCOCCOC2. The van der Waals surface area contributed by atoms with Gasteiger partial charge in [0.2, 0.25) is 0 Å². The van der Waals surface area contributed by atoms with Crippen LogP contribution in [0.25, 0.3) is 0 Å². The first kappa shape index (κ1) is 23.2. The van der Waals surface area contributed by atoms with Gasteiger partial charge in [-0.1, -0.05) is 18.2 Å². The van der Waals surface area contributed by atoms with Crippen LogP contribution in [0.3, 0.4) is 0 Å². The van der Waals surface area contributed by atoms with Gasteiger partial charge >= 0.3 is 0 Å². The molecule has 9 nitrogen and oxygen atoms in total. The van der Waals surface area contributed by atoms with E-state index in [0.29, 0.717) is 64.0 Å². The summed E-state index contributed by atoms with van der Waals surface area (Å²) in [5.41, 5.74) is 0.734. The fourth-order valence-electron chi connectivity index (χ4n) is 2.56. The van der Waals surface area contributed by atoms with Crippen molar-refractivity contribution in [3.05, 3.63) is 29.3 Å². The Morgan fingerprint density at radius 3 is 1.25 bits per heavy atom. The van der Waals surface area contributed by atoms with Crippen molar-refractivity contribution < 1.29 is 41.4 Å². The number of benzene rings is 1. The van der Waals surface area contributed by atoms with Crippen molar-refractivity contribution in [3.8, 4) is 0 Å². The molecule has 0 fully saturated rings. The van der Waals surface area contributed by atoms with Gasteiger partial charge in [-0.15, -0.1) is 0 Å². The summed E-state index contributed by atoms with van der Waals surface area (Å²) in [5, 5.41) is 0. The summed E-state index contributed by atoms with van der Waals surface area (Å²) < 4.78 is 65.8. The minimum absolute atomic E-state index is 0.0310. The third-order valence-corrected chi connectivity index (χ3v) is 4.85. The summed E-state index contributed by atoms with van der Waals surface area (Å²) in [6.07, 6.45) is 0. The second-order valence-electron chi connectivity index (χ2n) is 5.94. The number of ether oxygens (including phenoxy) is 6. The number of rotatable bonds is 1. The van der Waals surface area contributed by atoms with Crippen molar-refractivity contribution in [2.45, 2.75) is 18.1 Å². The Hall–Kier alpha value is -1.11. The lowest BCUT2D eigenvalue weighted by molar-refractivity contribution is -0.0181. The summed E-state index contributed by atoms with van der Waals surface area (Å²) in [5.74, 6) is 0. The van der Waals surface area contributed by atoms with Crippen molar-refractivity contribution in [3.63, 3.8) is 0 Å². The zero-order valence-corrected chi connectivity index (χ0v) is 16.7. The Balaban J connectivity index is 1.98. The molecule has 1 aromatic carbocycles. The van der Waals surface area contributed by atoms with E-state index in [2.05, 4.69) is 0 Å². The predicted octanol–water partition coefficient (Wildman–Crippen LogP) is 1.05. The third-order valence-electron chi connectivity index (χ3n) is 3.81. The van der Waals surface area contributed by atoms with Gasteiger partial charge in [-0.25, -0.2) is 0 Å². The van der Waals surface area contributed by atoms with Gasteiger partial charge in [0.05, 0.1) is 79.3 Å². The molecule has 1 aromatic rings.